The second-order valence-corrected chi connectivity index (χ2v) is 4.37. The highest BCUT2D eigenvalue weighted by molar-refractivity contribution is 6.10. The van der Waals surface area contributed by atoms with Crippen LogP contribution in [0, 0.1) is 6.92 Å². The lowest BCUT2D eigenvalue weighted by atomic mass is 10.2. The molecule has 0 aliphatic carbocycles. The van der Waals surface area contributed by atoms with E-state index in [2.05, 4.69) is 20.6 Å². The van der Waals surface area contributed by atoms with Crippen LogP contribution >= 0.6 is 0 Å². The van der Waals surface area contributed by atoms with E-state index in [-0.39, 0.29) is 24.5 Å². The van der Waals surface area contributed by atoms with Gasteiger partial charge in [0, 0.05) is 12.2 Å². The summed E-state index contributed by atoms with van der Waals surface area (Å²) in [6.07, 6.45) is 1.28. The first-order valence-corrected chi connectivity index (χ1v) is 6.43. The molecule has 2 rings (SSSR count). The maximum Gasteiger partial charge on any atom is 0.276 e. The number of aliphatic hydroxyl groups excluding tert-OH is 1. The van der Waals surface area contributed by atoms with E-state index in [4.69, 9.17) is 5.11 Å². The minimum absolute atomic E-state index is 0.00805. The molecule has 4 N–H and O–H groups in total. The van der Waals surface area contributed by atoms with E-state index < -0.39 is 11.8 Å². The standard InChI is InChI=1S/C14H16N4O3/c1-9-4-2-3-5-10(9)18-14(21)12-11(16-8-17-12)13(20)15-6-7-19/h2-5,8,19H,6-7H2,1H3,(H,15,20)(H,16,17)(H,18,21). The number of imidazole rings is 1. The Hall–Kier alpha value is -2.67. The number of nitrogens with one attached hydrogen (secondary N) is 3. The summed E-state index contributed by atoms with van der Waals surface area (Å²) >= 11 is 0. The number of hydrogen-bond donors (Lipinski definition) is 4. The van der Waals surface area contributed by atoms with Crippen molar-refractivity contribution in [1.29, 1.82) is 0 Å². The van der Waals surface area contributed by atoms with Gasteiger partial charge < -0.3 is 20.7 Å². The largest absolute Gasteiger partial charge is 0.395 e. The van der Waals surface area contributed by atoms with Crippen LogP contribution in [0.15, 0.2) is 30.6 Å². The van der Waals surface area contributed by atoms with Crippen molar-refractivity contribution < 1.29 is 14.7 Å². The number of aromatic nitrogens is 2. The minimum atomic E-state index is -0.489. The first-order valence-electron chi connectivity index (χ1n) is 6.43. The second kappa shape index (κ2) is 6.67. The number of rotatable bonds is 5. The van der Waals surface area contributed by atoms with Crippen LogP contribution in [0.1, 0.15) is 26.5 Å². The summed E-state index contributed by atoms with van der Waals surface area (Å²) in [6, 6.07) is 7.32. The summed E-state index contributed by atoms with van der Waals surface area (Å²) in [7, 11) is 0. The third-order valence-electron chi connectivity index (χ3n) is 2.87. The summed E-state index contributed by atoms with van der Waals surface area (Å²) in [5.74, 6) is -0.962. The number of benzene rings is 1. The van der Waals surface area contributed by atoms with Crippen LogP contribution in [0.25, 0.3) is 0 Å². The zero-order valence-corrected chi connectivity index (χ0v) is 11.5. The maximum absolute atomic E-state index is 12.2. The van der Waals surface area contributed by atoms with Crippen LogP contribution in [0.3, 0.4) is 0 Å². The van der Waals surface area contributed by atoms with Gasteiger partial charge in [0.15, 0.2) is 5.69 Å². The highest BCUT2D eigenvalue weighted by Crippen LogP contribution is 2.15. The molecule has 0 unspecified atom stereocenters. The minimum Gasteiger partial charge on any atom is -0.395 e. The Kier molecular flexibility index (Phi) is 4.68. The van der Waals surface area contributed by atoms with Gasteiger partial charge in [0.1, 0.15) is 5.69 Å². The lowest BCUT2D eigenvalue weighted by Gasteiger charge is -2.08. The van der Waals surface area contributed by atoms with Gasteiger partial charge in [-0.3, -0.25) is 9.59 Å². The third-order valence-corrected chi connectivity index (χ3v) is 2.87. The van der Waals surface area contributed by atoms with Gasteiger partial charge in [-0.2, -0.15) is 0 Å². The Balaban J connectivity index is 2.15. The molecule has 110 valence electrons. The highest BCUT2D eigenvalue weighted by Gasteiger charge is 2.20. The number of H-pyrrole nitrogens is 1. The molecule has 0 atom stereocenters. The van der Waals surface area contributed by atoms with E-state index in [1.165, 1.54) is 6.33 Å². The Bertz CT molecular complexity index is 651. The SMILES string of the molecule is Cc1ccccc1NC(=O)c1nc[nH]c1C(=O)NCCO. The topological polar surface area (TPSA) is 107 Å². The lowest BCUT2D eigenvalue weighted by molar-refractivity contribution is 0.0928. The van der Waals surface area contributed by atoms with Crippen LogP contribution in [-0.4, -0.2) is 40.0 Å². The van der Waals surface area contributed by atoms with Crippen molar-refractivity contribution in [1.82, 2.24) is 15.3 Å². The first kappa shape index (κ1) is 14.7. The molecule has 1 heterocycles. The Labute approximate surface area is 121 Å². The van der Waals surface area contributed by atoms with E-state index in [0.29, 0.717) is 5.69 Å². The van der Waals surface area contributed by atoms with Crippen molar-refractivity contribution >= 4 is 17.5 Å². The number of anilines is 1. The number of aromatic amines is 1. The predicted molar refractivity (Wildman–Crippen MR) is 77.1 cm³/mol. The van der Waals surface area contributed by atoms with E-state index in [0.717, 1.165) is 5.56 Å². The summed E-state index contributed by atoms with van der Waals surface area (Å²) in [6.45, 7) is 1.80. The summed E-state index contributed by atoms with van der Waals surface area (Å²) in [5.41, 5.74) is 1.64. The van der Waals surface area contributed by atoms with Crippen molar-refractivity contribution in [2.75, 3.05) is 18.5 Å². The van der Waals surface area contributed by atoms with Gasteiger partial charge in [-0.1, -0.05) is 18.2 Å². The number of aliphatic hydroxyl groups is 1. The van der Waals surface area contributed by atoms with E-state index in [9.17, 15) is 9.59 Å². The van der Waals surface area contributed by atoms with Crippen LogP contribution in [-0.2, 0) is 0 Å². The van der Waals surface area contributed by atoms with Gasteiger partial charge in [0.05, 0.1) is 12.9 Å². The number of carbonyl (C=O) groups is 2. The van der Waals surface area contributed by atoms with Crippen LogP contribution in [0.4, 0.5) is 5.69 Å². The molecule has 0 radical (unpaired) electrons. The van der Waals surface area contributed by atoms with Crippen LogP contribution < -0.4 is 10.6 Å². The van der Waals surface area contributed by atoms with Crippen molar-refractivity contribution in [3.8, 4) is 0 Å². The van der Waals surface area contributed by atoms with Gasteiger partial charge in [0.25, 0.3) is 11.8 Å². The van der Waals surface area contributed by atoms with Gasteiger partial charge in [-0.15, -0.1) is 0 Å². The van der Waals surface area contributed by atoms with Crippen LogP contribution in [0.2, 0.25) is 0 Å². The maximum atomic E-state index is 12.2. The number of para-hydroxylation sites is 1. The van der Waals surface area contributed by atoms with Crippen molar-refractivity contribution in [2.24, 2.45) is 0 Å². The molecule has 0 aliphatic rings. The van der Waals surface area contributed by atoms with Gasteiger partial charge in [-0.25, -0.2) is 4.98 Å². The highest BCUT2D eigenvalue weighted by atomic mass is 16.3. The van der Waals surface area contributed by atoms with Crippen molar-refractivity contribution in [3.63, 3.8) is 0 Å². The predicted octanol–water partition coefficient (Wildman–Crippen LogP) is 0.693. The Morgan fingerprint density at radius 3 is 2.76 bits per heavy atom. The van der Waals surface area contributed by atoms with Crippen molar-refractivity contribution in [2.45, 2.75) is 6.92 Å². The summed E-state index contributed by atoms with van der Waals surface area (Å²) in [5, 5.41) is 13.9. The van der Waals surface area contributed by atoms with E-state index in [1.807, 2.05) is 25.1 Å². The molecule has 1 aromatic heterocycles. The molecule has 7 nitrogen and oxygen atoms in total. The molecule has 0 fully saturated rings. The molecule has 0 bridgehead atoms. The number of hydrogen-bond acceptors (Lipinski definition) is 4. The van der Waals surface area contributed by atoms with Crippen molar-refractivity contribution in [3.05, 3.63) is 47.5 Å². The third kappa shape index (κ3) is 3.46. The average molecular weight is 288 g/mol. The average Bonchev–Trinajstić information content (AvgIpc) is 2.96. The quantitative estimate of drug-likeness (QED) is 0.649. The van der Waals surface area contributed by atoms with E-state index >= 15 is 0 Å². The van der Waals surface area contributed by atoms with E-state index in [1.54, 1.807) is 6.07 Å². The molecule has 7 heteroatoms. The molecule has 2 aromatic rings. The molecule has 0 saturated heterocycles. The molecule has 21 heavy (non-hydrogen) atoms. The normalized spacial score (nSPS) is 10.2. The fourth-order valence-corrected chi connectivity index (χ4v) is 1.79. The monoisotopic (exact) mass is 288 g/mol. The smallest absolute Gasteiger partial charge is 0.276 e. The first-order chi connectivity index (χ1) is 10.1. The van der Waals surface area contributed by atoms with Gasteiger partial charge in [-0.05, 0) is 18.6 Å². The zero-order valence-electron chi connectivity index (χ0n) is 11.5. The number of aryl methyl sites for hydroxylation is 1. The number of carbonyl (C=O) groups excluding carboxylic acids is 2. The summed E-state index contributed by atoms with van der Waals surface area (Å²) in [4.78, 5) is 30.5. The molecule has 2 amide bonds. The lowest BCUT2D eigenvalue weighted by Crippen LogP contribution is -2.29. The fraction of sp³-hybridized carbons (Fsp3) is 0.214. The molecule has 1 aromatic carbocycles. The van der Waals surface area contributed by atoms with Gasteiger partial charge >= 0.3 is 0 Å². The van der Waals surface area contributed by atoms with Crippen LogP contribution in [0.5, 0.6) is 0 Å². The molecule has 0 aliphatic heterocycles. The second-order valence-electron chi connectivity index (χ2n) is 4.37. The fourth-order valence-electron chi connectivity index (χ4n) is 1.79. The number of amides is 2. The molecule has 0 spiro atoms. The van der Waals surface area contributed by atoms with Gasteiger partial charge in [0.2, 0.25) is 0 Å². The Morgan fingerprint density at radius 2 is 2.05 bits per heavy atom. The number of nitrogens with zero attached hydrogens (tertiary/aromatic N) is 1. The molecular formula is C14H16N4O3. The Morgan fingerprint density at radius 1 is 1.29 bits per heavy atom. The zero-order chi connectivity index (χ0) is 15.2. The summed E-state index contributed by atoms with van der Waals surface area (Å²) < 4.78 is 0. The molecular weight excluding hydrogens is 272 g/mol. The molecule has 0 saturated carbocycles.